The van der Waals surface area contributed by atoms with Gasteiger partial charge in [-0.05, 0) is 24.3 Å². The quantitative estimate of drug-likeness (QED) is 0.428. The van der Waals surface area contributed by atoms with Crippen LogP contribution in [0.2, 0.25) is 0 Å². The van der Waals surface area contributed by atoms with Crippen molar-refractivity contribution in [2.24, 2.45) is 0 Å². The van der Waals surface area contributed by atoms with Crippen molar-refractivity contribution in [3.05, 3.63) is 64.7 Å². The third-order valence-electron chi connectivity index (χ3n) is 3.52. The molecule has 0 radical (unpaired) electrons. The van der Waals surface area contributed by atoms with E-state index in [1.54, 1.807) is 30.6 Å². The fourth-order valence-corrected chi connectivity index (χ4v) is 2.33. The molecule has 0 atom stereocenters. The topological polar surface area (TPSA) is 126 Å². The number of aromatic nitrogens is 3. The predicted octanol–water partition coefficient (Wildman–Crippen LogP) is 2.73. The Bertz CT molecular complexity index is 955. The molecule has 3 rings (SSSR count). The molecule has 2 heterocycles. The molecule has 9 nitrogen and oxygen atoms in total. The van der Waals surface area contributed by atoms with Crippen molar-refractivity contribution in [1.82, 2.24) is 15.0 Å². The molecular formula is C17H15FN6O3. The van der Waals surface area contributed by atoms with Crippen LogP contribution in [0, 0.1) is 15.9 Å². The number of benzene rings is 1. The van der Waals surface area contributed by atoms with Crippen LogP contribution in [0.15, 0.2) is 48.8 Å². The molecule has 0 saturated heterocycles. The average Bonchev–Trinajstić information content (AvgIpc) is 2.68. The summed E-state index contributed by atoms with van der Waals surface area (Å²) in [5.74, 6) is -0.213. The first kappa shape index (κ1) is 18.1. The molecule has 10 heteroatoms. The van der Waals surface area contributed by atoms with Crippen LogP contribution in [0.25, 0.3) is 11.3 Å². The molecule has 0 aliphatic carbocycles. The van der Waals surface area contributed by atoms with Crippen LogP contribution in [0.4, 0.5) is 27.5 Å². The van der Waals surface area contributed by atoms with Crippen LogP contribution >= 0.6 is 0 Å². The Morgan fingerprint density at radius 1 is 1.15 bits per heavy atom. The number of aliphatic hydroxyl groups excluding tert-OH is 1. The number of nitro benzene ring substituents is 1. The minimum Gasteiger partial charge on any atom is -0.395 e. The molecule has 0 unspecified atom stereocenters. The second-order valence-corrected chi connectivity index (χ2v) is 5.39. The highest BCUT2D eigenvalue weighted by Crippen LogP contribution is 2.29. The Kier molecular flexibility index (Phi) is 5.47. The van der Waals surface area contributed by atoms with Gasteiger partial charge in [-0.3, -0.25) is 15.1 Å². The molecule has 0 spiro atoms. The molecule has 0 aliphatic rings. The van der Waals surface area contributed by atoms with Crippen LogP contribution in [-0.4, -0.2) is 38.1 Å². The van der Waals surface area contributed by atoms with Crippen molar-refractivity contribution >= 4 is 23.1 Å². The number of nitrogens with zero attached hydrogens (tertiary/aromatic N) is 4. The number of nitrogens with one attached hydrogen (secondary N) is 2. The van der Waals surface area contributed by atoms with Gasteiger partial charge in [-0.25, -0.2) is 9.37 Å². The van der Waals surface area contributed by atoms with Crippen molar-refractivity contribution in [3.8, 4) is 11.3 Å². The van der Waals surface area contributed by atoms with E-state index >= 15 is 0 Å². The van der Waals surface area contributed by atoms with E-state index in [1.165, 1.54) is 6.07 Å². The monoisotopic (exact) mass is 370 g/mol. The number of halogens is 1. The number of anilines is 3. The highest BCUT2D eigenvalue weighted by molar-refractivity contribution is 5.71. The summed E-state index contributed by atoms with van der Waals surface area (Å²) in [4.78, 5) is 23.1. The number of nitro groups is 1. The number of rotatable bonds is 7. The summed E-state index contributed by atoms with van der Waals surface area (Å²) >= 11 is 0. The normalized spacial score (nSPS) is 10.4. The van der Waals surface area contributed by atoms with Gasteiger partial charge in [-0.1, -0.05) is 0 Å². The molecule has 2 aromatic heterocycles. The largest absolute Gasteiger partial charge is 0.395 e. The van der Waals surface area contributed by atoms with Crippen LogP contribution in [0.1, 0.15) is 0 Å². The van der Waals surface area contributed by atoms with Crippen LogP contribution < -0.4 is 10.6 Å². The first-order valence-corrected chi connectivity index (χ1v) is 7.92. The maximum atomic E-state index is 13.3. The molecule has 27 heavy (non-hydrogen) atoms. The van der Waals surface area contributed by atoms with E-state index in [1.807, 2.05) is 0 Å². The van der Waals surface area contributed by atoms with E-state index in [0.29, 0.717) is 5.69 Å². The summed E-state index contributed by atoms with van der Waals surface area (Å²) in [6.45, 7) is 0.116. The van der Waals surface area contributed by atoms with Gasteiger partial charge in [0.25, 0.3) is 5.69 Å². The van der Waals surface area contributed by atoms with E-state index in [4.69, 9.17) is 5.11 Å². The zero-order valence-electron chi connectivity index (χ0n) is 14.0. The van der Waals surface area contributed by atoms with Crippen LogP contribution in [0.3, 0.4) is 0 Å². The highest BCUT2D eigenvalue weighted by Gasteiger charge is 2.16. The SMILES string of the molecule is O=[N+]([O-])c1cc(F)ccc1Nc1cc(-c2ccncc2)nc(NCCO)n1. The minimum absolute atomic E-state index is 0.0916. The summed E-state index contributed by atoms with van der Waals surface area (Å²) in [5.41, 5.74) is 0.981. The maximum Gasteiger partial charge on any atom is 0.295 e. The van der Waals surface area contributed by atoms with Gasteiger partial charge in [0.2, 0.25) is 5.95 Å². The molecular weight excluding hydrogens is 355 g/mol. The van der Waals surface area contributed by atoms with Gasteiger partial charge < -0.3 is 15.7 Å². The van der Waals surface area contributed by atoms with Crippen LogP contribution in [0.5, 0.6) is 0 Å². The summed E-state index contributed by atoms with van der Waals surface area (Å²) in [7, 11) is 0. The number of hydrogen-bond acceptors (Lipinski definition) is 8. The van der Waals surface area contributed by atoms with Gasteiger partial charge in [-0.2, -0.15) is 4.98 Å². The van der Waals surface area contributed by atoms with Crippen molar-refractivity contribution in [2.45, 2.75) is 0 Å². The molecule has 0 amide bonds. The van der Waals surface area contributed by atoms with Crippen molar-refractivity contribution in [2.75, 3.05) is 23.8 Å². The Balaban J connectivity index is 2.01. The molecule has 0 saturated carbocycles. The van der Waals surface area contributed by atoms with Gasteiger partial charge >= 0.3 is 0 Å². The smallest absolute Gasteiger partial charge is 0.295 e. The van der Waals surface area contributed by atoms with Gasteiger partial charge in [0.1, 0.15) is 17.3 Å². The van der Waals surface area contributed by atoms with E-state index < -0.39 is 16.4 Å². The fourth-order valence-electron chi connectivity index (χ4n) is 2.33. The lowest BCUT2D eigenvalue weighted by molar-refractivity contribution is -0.384. The van der Waals surface area contributed by atoms with Crippen molar-refractivity contribution < 1.29 is 14.4 Å². The van der Waals surface area contributed by atoms with Gasteiger partial charge in [0.15, 0.2) is 0 Å². The molecule has 1 aromatic carbocycles. The number of hydrogen-bond donors (Lipinski definition) is 3. The van der Waals surface area contributed by atoms with Crippen molar-refractivity contribution in [3.63, 3.8) is 0 Å². The number of pyridine rings is 1. The summed E-state index contributed by atoms with van der Waals surface area (Å²) in [5, 5.41) is 25.9. The summed E-state index contributed by atoms with van der Waals surface area (Å²) in [6, 6.07) is 8.32. The first-order chi connectivity index (χ1) is 13.1. The molecule has 0 bridgehead atoms. The Hall–Kier alpha value is -3.66. The van der Waals surface area contributed by atoms with E-state index in [-0.39, 0.29) is 30.6 Å². The molecule has 3 N–H and O–H groups in total. The van der Waals surface area contributed by atoms with Crippen molar-refractivity contribution in [1.29, 1.82) is 0 Å². The Morgan fingerprint density at radius 2 is 1.93 bits per heavy atom. The van der Waals surface area contributed by atoms with E-state index in [9.17, 15) is 14.5 Å². The Morgan fingerprint density at radius 3 is 2.63 bits per heavy atom. The second kappa shape index (κ2) is 8.15. The molecule has 3 aromatic rings. The minimum atomic E-state index is -0.710. The van der Waals surface area contributed by atoms with E-state index in [2.05, 4.69) is 25.6 Å². The lowest BCUT2D eigenvalue weighted by Crippen LogP contribution is -2.10. The summed E-state index contributed by atoms with van der Waals surface area (Å²) in [6.07, 6.45) is 3.21. The summed E-state index contributed by atoms with van der Waals surface area (Å²) < 4.78 is 13.3. The lowest BCUT2D eigenvalue weighted by Gasteiger charge is -2.11. The predicted molar refractivity (Wildman–Crippen MR) is 97.2 cm³/mol. The third-order valence-corrected chi connectivity index (χ3v) is 3.52. The average molecular weight is 370 g/mol. The fraction of sp³-hybridized carbons (Fsp3) is 0.118. The highest BCUT2D eigenvalue weighted by atomic mass is 19.1. The van der Waals surface area contributed by atoms with E-state index in [0.717, 1.165) is 17.7 Å². The Labute approximate surface area is 153 Å². The first-order valence-electron chi connectivity index (χ1n) is 7.92. The molecule has 0 fully saturated rings. The number of aliphatic hydroxyl groups is 1. The van der Waals surface area contributed by atoms with Gasteiger partial charge in [0.05, 0.1) is 23.3 Å². The molecule has 0 aliphatic heterocycles. The second-order valence-electron chi connectivity index (χ2n) is 5.39. The standard InChI is InChI=1S/C17H15FN6O3/c18-12-1-2-13(15(9-12)24(26)27)21-16-10-14(11-3-5-19-6-4-11)22-17(23-16)20-7-8-25/h1-6,9-10,25H,7-8H2,(H2,20,21,22,23). The van der Waals surface area contributed by atoms with Gasteiger partial charge in [-0.15, -0.1) is 0 Å². The zero-order chi connectivity index (χ0) is 19.2. The maximum absolute atomic E-state index is 13.3. The molecule has 138 valence electrons. The van der Waals surface area contributed by atoms with Crippen LogP contribution in [-0.2, 0) is 0 Å². The zero-order valence-corrected chi connectivity index (χ0v) is 14.0. The lowest BCUT2D eigenvalue weighted by atomic mass is 10.2. The van der Waals surface area contributed by atoms with Gasteiger partial charge in [0, 0.05) is 30.6 Å². The third kappa shape index (κ3) is 4.50.